The summed E-state index contributed by atoms with van der Waals surface area (Å²) < 4.78 is 0. The fraction of sp³-hybridized carbons (Fsp3) is 0.273. The lowest BCUT2D eigenvalue weighted by Gasteiger charge is -2.05. The molecular weight excluding hydrogens is 254 g/mol. The van der Waals surface area contributed by atoms with Crippen molar-refractivity contribution in [3.8, 4) is 0 Å². The van der Waals surface area contributed by atoms with Crippen molar-refractivity contribution in [1.29, 1.82) is 0 Å². The molecule has 0 spiro atoms. The quantitative estimate of drug-likeness (QED) is 0.831. The van der Waals surface area contributed by atoms with Crippen LogP contribution < -0.4 is 5.32 Å². The van der Waals surface area contributed by atoms with Gasteiger partial charge in [-0.3, -0.25) is 9.89 Å². The third-order valence-corrected chi connectivity index (χ3v) is 2.58. The van der Waals surface area contributed by atoms with Crippen molar-refractivity contribution in [3.63, 3.8) is 0 Å². The summed E-state index contributed by atoms with van der Waals surface area (Å²) in [5.41, 5.74) is 1.23. The van der Waals surface area contributed by atoms with Gasteiger partial charge in [-0.15, -0.1) is 5.10 Å². The molecule has 18 heavy (non-hydrogen) atoms. The van der Waals surface area contributed by atoms with Gasteiger partial charge >= 0.3 is 0 Å². The van der Waals surface area contributed by atoms with Gasteiger partial charge in [0.25, 0.3) is 5.91 Å². The van der Waals surface area contributed by atoms with E-state index in [0.29, 0.717) is 28.8 Å². The molecule has 0 atom stereocenters. The monoisotopic (exact) mass is 265 g/mol. The Balaban J connectivity index is 2.16. The molecule has 0 aliphatic carbocycles. The van der Waals surface area contributed by atoms with Crippen molar-refractivity contribution < 1.29 is 4.79 Å². The molecule has 2 aromatic heterocycles. The van der Waals surface area contributed by atoms with E-state index in [1.165, 1.54) is 0 Å². The van der Waals surface area contributed by atoms with Gasteiger partial charge in [0, 0.05) is 6.42 Å². The summed E-state index contributed by atoms with van der Waals surface area (Å²) in [5.74, 6) is 0.408. The molecule has 0 radical (unpaired) electrons. The van der Waals surface area contributed by atoms with Crippen LogP contribution in [0.1, 0.15) is 29.1 Å². The summed E-state index contributed by atoms with van der Waals surface area (Å²) in [7, 11) is 0. The lowest BCUT2D eigenvalue weighted by molar-refractivity contribution is 0.101. The average Bonchev–Trinajstić information content (AvgIpc) is 2.81. The third kappa shape index (κ3) is 2.65. The predicted octanol–water partition coefficient (Wildman–Crippen LogP) is 1.98. The molecule has 7 heteroatoms. The molecular formula is C11H12ClN5O. The van der Waals surface area contributed by atoms with Crippen molar-refractivity contribution in [1.82, 2.24) is 20.2 Å². The molecule has 0 bridgehead atoms. The maximum Gasteiger partial charge on any atom is 0.295 e. The van der Waals surface area contributed by atoms with Crippen molar-refractivity contribution in [3.05, 3.63) is 34.6 Å². The Morgan fingerprint density at radius 3 is 2.83 bits per heavy atom. The van der Waals surface area contributed by atoms with Crippen LogP contribution in [0.3, 0.4) is 0 Å². The summed E-state index contributed by atoms with van der Waals surface area (Å²) in [6.07, 6.45) is 0.696. The number of amides is 1. The standard InChI is InChI=1S/C11H12ClN5O/c1-3-9-15-10(17-16-9)11(18)14-7-4-5-8(12)13-6(7)2/h4-5H,3H2,1-2H3,(H,14,18)(H,15,16,17). The third-order valence-electron chi connectivity index (χ3n) is 2.37. The number of anilines is 1. The van der Waals surface area contributed by atoms with Crippen LogP contribution in [0.25, 0.3) is 0 Å². The van der Waals surface area contributed by atoms with Crippen molar-refractivity contribution in [2.45, 2.75) is 20.3 Å². The molecule has 0 aromatic carbocycles. The summed E-state index contributed by atoms with van der Waals surface area (Å²) in [4.78, 5) is 20.0. The van der Waals surface area contributed by atoms with E-state index in [9.17, 15) is 4.79 Å². The van der Waals surface area contributed by atoms with Crippen molar-refractivity contribution in [2.24, 2.45) is 0 Å². The van der Waals surface area contributed by atoms with Crippen LogP contribution in [0.5, 0.6) is 0 Å². The first-order valence-corrected chi connectivity index (χ1v) is 5.83. The van der Waals surface area contributed by atoms with Crippen LogP contribution >= 0.6 is 11.6 Å². The minimum absolute atomic E-state index is 0.112. The normalized spacial score (nSPS) is 10.4. The molecule has 94 valence electrons. The van der Waals surface area contributed by atoms with Gasteiger partial charge in [0.15, 0.2) is 0 Å². The van der Waals surface area contributed by atoms with Crippen LogP contribution in [0.4, 0.5) is 5.69 Å². The number of hydrogen-bond donors (Lipinski definition) is 2. The number of halogens is 1. The Bertz CT molecular complexity index is 581. The number of nitrogens with one attached hydrogen (secondary N) is 2. The van der Waals surface area contributed by atoms with Crippen LogP contribution in [0.2, 0.25) is 5.15 Å². The molecule has 0 aliphatic rings. The number of rotatable bonds is 3. The second-order valence-corrected chi connectivity index (χ2v) is 4.07. The van der Waals surface area contributed by atoms with Gasteiger partial charge in [-0.2, -0.15) is 0 Å². The number of H-pyrrole nitrogens is 1. The number of hydrogen-bond acceptors (Lipinski definition) is 4. The van der Waals surface area contributed by atoms with Crippen molar-refractivity contribution in [2.75, 3.05) is 5.32 Å². The Kier molecular flexibility index (Phi) is 3.57. The number of carbonyl (C=O) groups is 1. The van der Waals surface area contributed by atoms with E-state index in [2.05, 4.69) is 25.5 Å². The van der Waals surface area contributed by atoms with Gasteiger partial charge in [0.2, 0.25) is 5.82 Å². The van der Waals surface area contributed by atoms with E-state index in [1.54, 1.807) is 19.1 Å². The highest BCUT2D eigenvalue weighted by Crippen LogP contribution is 2.16. The Morgan fingerprint density at radius 1 is 1.44 bits per heavy atom. The van der Waals surface area contributed by atoms with Crippen LogP contribution in [0.15, 0.2) is 12.1 Å². The maximum atomic E-state index is 11.9. The molecule has 0 aliphatic heterocycles. The van der Waals surface area contributed by atoms with E-state index in [4.69, 9.17) is 11.6 Å². The van der Waals surface area contributed by atoms with E-state index in [-0.39, 0.29) is 11.7 Å². The molecule has 2 N–H and O–H groups in total. The lowest BCUT2D eigenvalue weighted by atomic mass is 10.3. The molecule has 0 fully saturated rings. The molecule has 2 aromatic rings. The van der Waals surface area contributed by atoms with Crippen molar-refractivity contribution >= 4 is 23.2 Å². The molecule has 0 unspecified atom stereocenters. The lowest BCUT2D eigenvalue weighted by Crippen LogP contribution is -2.15. The fourth-order valence-electron chi connectivity index (χ4n) is 1.40. The second-order valence-electron chi connectivity index (χ2n) is 3.68. The first-order valence-electron chi connectivity index (χ1n) is 5.46. The van der Waals surface area contributed by atoms with Gasteiger partial charge in [0.1, 0.15) is 11.0 Å². The van der Waals surface area contributed by atoms with E-state index in [0.717, 1.165) is 0 Å². The summed E-state index contributed by atoms with van der Waals surface area (Å²) in [5, 5.41) is 9.59. The summed E-state index contributed by atoms with van der Waals surface area (Å²) in [6.45, 7) is 3.69. The molecule has 0 saturated heterocycles. The Labute approximate surface area is 109 Å². The molecule has 2 rings (SSSR count). The van der Waals surface area contributed by atoms with E-state index in [1.807, 2.05) is 6.92 Å². The average molecular weight is 266 g/mol. The zero-order chi connectivity index (χ0) is 13.1. The second kappa shape index (κ2) is 5.14. The first kappa shape index (κ1) is 12.5. The van der Waals surface area contributed by atoms with Gasteiger partial charge in [-0.1, -0.05) is 18.5 Å². The number of aromatic amines is 1. The molecule has 2 heterocycles. The van der Waals surface area contributed by atoms with E-state index < -0.39 is 0 Å². The smallest absolute Gasteiger partial charge is 0.295 e. The molecule has 1 amide bonds. The summed E-state index contributed by atoms with van der Waals surface area (Å²) >= 11 is 5.74. The molecule has 6 nitrogen and oxygen atoms in total. The minimum atomic E-state index is -0.377. The minimum Gasteiger partial charge on any atom is -0.318 e. The van der Waals surface area contributed by atoms with Crippen LogP contribution in [-0.4, -0.2) is 26.1 Å². The number of nitrogens with zero attached hydrogens (tertiary/aromatic N) is 3. The Morgan fingerprint density at radius 2 is 2.22 bits per heavy atom. The van der Waals surface area contributed by atoms with E-state index >= 15 is 0 Å². The number of aromatic nitrogens is 4. The maximum absolute atomic E-state index is 11.9. The van der Waals surface area contributed by atoms with Gasteiger partial charge in [-0.25, -0.2) is 9.97 Å². The van der Waals surface area contributed by atoms with Crippen LogP contribution in [0, 0.1) is 6.92 Å². The highest BCUT2D eigenvalue weighted by molar-refractivity contribution is 6.29. The highest BCUT2D eigenvalue weighted by atomic mass is 35.5. The zero-order valence-corrected chi connectivity index (χ0v) is 10.7. The predicted molar refractivity (Wildman–Crippen MR) is 67.7 cm³/mol. The first-order chi connectivity index (χ1) is 8.60. The van der Waals surface area contributed by atoms with Gasteiger partial charge in [0.05, 0.1) is 11.4 Å². The number of pyridine rings is 1. The largest absolute Gasteiger partial charge is 0.318 e. The highest BCUT2D eigenvalue weighted by Gasteiger charge is 2.13. The zero-order valence-electron chi connectivity index (χ0n) is 9.99. The topological polar surface area (TPSA) is 83.6 Å². The Hall–Kier alpha value is -1.95. The number of aryl methyl sites for hydroxylation is 2. The molecule has 0 saturated carbocycles. The van der Waals surface area contributed by atoms with Crippen LogP contribution in [-0.2, 0) is 6.42 Å². The number of carbonyl (C=O) groups excluding carboxylic acids is 1. The summed E-state index contributed by atoms with van der Waals surface area (Å²) in [6, 6.07) is 3.30. The van der Waals surface area contributed by atoms with Gasteiger partial charge < -0.3 is 5.32 Å². The fourth-order valence-corrected chi connectivity index (χ4v) is 1.59. The SMILES string of the molecule is CCc1nc(C(=O)Nc2ccc(Cl)nc2C)n[nH]1. The van der Waals surface area contributed by atoms with Gasteiger partial charge in [-0.05, 0) is 19.1 Å².